The Kier molecular flexibility index (Phi) is 2.73. The maximum Gasteiger partial charge on any atom is 0.251 e. The number of piperidine rings is 1. The lowest BCUT2D eigenvalue weighted by Gasteiger charge is -2.30. The number of nitrogens with zero attached hydrogens (tertiary/aromatic N) is 2. The summed E-state index contributed by atoms with van der Waals surface area (Å²) >= 11 is 0. The lowest BCUT2D eigenvalue weighted by Crippen LogP contribution is -2.47. The van der Waals surface area contributed by atoms with Crippen molar-refractivity contribution in [3.63, 3.8) is 0 Å². The zero-order valence-corrected chi connectivity index (χ0v) is 11.3. The maximum atomic E-state index is 12.4. The van der Waals surface area contributed by atoms with Gasteiger partial charge < -0.3 is 10.2 Å². The van der Waals surface area contributed by atoms with E-state index in [1.54, 1.807) is 6.20 Å². The Bertz CT molecular complexity index is 638. The van der Waals surface area contributed by atoms with Crippen LogP contribution in [0.15, 0.2) is 24.4 Å². The minimum absolute atomic E-state index is 0.0283. The van der Waals surface area contributed by atoms with Crippen LogP contribution in [-0.4, -0.2) is 46.7 Å². The van der Waals surface area contributed by atoms with Crippen molar-refractivity contribution in [3.05, 3.63) is 30.0 Å². The number of carbonyl (C=O) groups excluding carboxylic acids is 1. The largest absolute Gasteiger partial charge is 0.348 e. The molecule has 0 saturated carbocycles. The molecule has 1 amide bonds. The first-order valence-corrected chi connectivity index (χ1v) is 7.24. The van der Waals surface area contributed by atoms with Crippen LogP contribution in [0, 0.1) is 5.92 Å². The molecule has 2 N–H and O–H groups in total. The Morgan fingerprint density at radius 3 is 3.25 bits per heavy atom. The molecule has 1 aromatic carbocycles. The molecule has 2 aliphatic rings. The van der Waals surface area contributed by atoms with Gasteiger partial charge >= 0.3 is 0 Å². The van der Waals surface area contributed by atoms with Crippen LogP contribution in [0.5, 0.6) is 0 Å². The van der Waals surface area contributed by atoms with Gasteiger partial charge in [-0.05, 0) is 43.5 Å². The van der Waals surface area contributed by atoms with Crippen molar-refractivity contribution in [2.75, 3.05) is 19.6 Å². The molecule has 0 aliphatic carbocycles. The van der Waals surface area contributed by atoms with Crippen LogP contribution in [-0.2, 0) is 0 Å². The molecule has 2 aliphatic heterocycles. The number of benzene rings is 1. The van der Waals surface area contributed by atoms with Crippen LogP contribution >= 0.6 is 0 Å². The number of amides is 1. The fraction of sp³-hybridized carbons (Fsp3) is 0.467. The fourth-order valence-electron chi connectivity index (χ4n) is 3.52. The zero-order valence-electron chi connectivity index (χ0n) is 11.3. The smallest absolute Gasteiger partial charge is 0.251 e. The molecule has 3 atom stereocenters. The van der Waals surface area contributed by atoms with Gasteiger partial charge in [0.25, 0.3) is 5.91 Å². The SMILES string of the molecule is O=C(N[C@@H]1C[C@H]2CCN(C2)C1)c1ccc2[nH]ncc2c1. The van der Waals surface area contributed by atoms with Gasteiger partial charge in [0.2, 0.25) is 0 Å². The molecule has 0 radical (unpaired) electrons. The third-order valence-electron chi connectivity index (χ3n) is 4.50. The van der Waals surface area contributed by atoms with Crippen molar-refractivity contribution >= 4 is 16.8 Å². The Hall–Kier alpha value is -1.88. The Morgan fingerprint density at radius 1 is 1.40 bits per heavy atom. The molecular formula is C15H18N4O. The van der Waals surface area contributed by atoms with E-state index in [9.17, 15) is 4.79 Å². The van der Waals surface area contributed by atoms with Gasteiger partial charge in [0.15, 0.2) is 0 Å². The molecule has 0 spiro atoms. The minimum Gasteiger partial charge on any atom is -0.348 e. The zero-order chi connectivity index (χ0) is 13.5. The molecule has 2 saturated heterocycles. The predicted molar refractivity (Wildman–Crippen MR) is 76.5 cm³/mol. The maximum absolute atomic E-state index is 12.4. The molecule has 1 unspecified atom stereocenters. The molecule has 4 rings (SSSR count). The van der Waals surface area contributed by atoms with Gasteiger partial charge in [0.1, 0.15) is 0 Å². The number of hydrogen-bond donors (Lipinski definition) is 2. The lowest BCUT2D eigenvalue weighted by molar-refractivity contribution is 0.0909. The number of nitrogens with one attached hydrogen (secondary N) is 2. The van der Waals surface area contributed by atoms with Crippen LogP contribution in [0.4, 0.5) is 0 Å². The summed E-state index contributed by atoms with van der Waals surface area (Å²) in [6, 6.07) is 5.95. The summed E-state index contributed by atoms with van der Waals surface area (Å²) in [6.45, 7) is 3.40. The van der Waals surface area contributed by atoms with Gasteiger partial charge in [-0.1, -0.05) is 0 Å². The van der Waals surface area contributed by atoms with Crippen molar-refractivity contribution < 1.29 is 4.79 Å². The second kappa shape index (κ2) is 4.59. The topological polar surface area (TPSA) is 61.0 Å². The summed E-state index contributed by atoms with van der Waals surface area (Å²) in [5.41, 5.74) is 1.68. The van der Waals surface area contributed by atoms with Gasteiger partial charge in [-0.3, -0.25) is 9.89 Å². The van der Waals surface area contributed by atoms with Crippen LogP contribution < -0.4 is 5.32 Å². The second-order valence-electron chi connectivity index (χ2n) is 5.99. The van der Waals surface area contributed by atoms with Crippen molar-refractivity contribution in [1.29, 1.82) is 0 Å². The van der Waals surface area contributed by atoms with Gasteiger partial charge in [0, 0.05) is 30.1 Å². The highest BCUT2D eigenvalue weighted by Crippen LogP contribution is 2.26. The minimum atomic E-state index is 0.0283. The number of aromatic amines is 1. The molecule has 1 aromatic heterocycles. The van der Waals surface area contributed by atoms with Gasteiger partial charge in [-0.15, -0.1) is 0 Å². The van der Waals surface area contributed by atoms with E-state index in [0.717, 1.165) is 29.8 Å². The normalized spacial score (nSPS) is 28.7. The summed E-state index contributed by atoms with van der Waals surface area (Å²) in [6.07, 6.45) is 4.15. The standard InChI is InChI=1S/C15H18N4O/c20-15(11-1-2-14-12(6-11)7-16-18-14)17-13-5-10-3-4-19(8-10)9-13/h1-2,6-7,10,13H,3-5,8-9H2,(H,16,18)(H,17,20)/t10-,13-/m1/s1. The average Bonchev–Trinajstić information content (AvgIpc) is 3.04. The molecule has 2 fully saturated rings. The lowest BCUT2D eigenvalue weighted by atomic mass is 9.96. The van der Waals surface area contributed by atoms with Crippen LogP contribution in [0.3, 0.4) is 0 Å². The van der Waals surface area contributed by atoms with Gasteiger partial charge in [0.05, 0.1) is 11.7 Å². The Balaban J connectivity index is 1.49. The second-order valence-corrected chi connectivity index (χ2v) is 5.99. The molecular weight excluding hydrogens is 252 g/mol. The molecule has 5 nitrogen and oxygen atoms in total. The molecule has 5 heteroatoms. The first-order chi connectivity index (χ1) is 9.78. The van der Waals surface area contributed by atoms with E-state index in [1.165, 1.54) is 19.5 Å². The van der Waals surface area contributed by atoms with Crippen LogP contribution in [0.25, 0.3) is 10.9 Å². The average molecular weight is 270 g/mol. The highest BCUT2D eigenvalue weighted by molar-refractivity contribution is 5.98. The number of fused-ring (bicyclic) bond motifs is 3. The number of rotatable bonds is 2. The number of H-pyrrole nitrogens is 1. The summed E-state index contributed by atoms with van der Waals surface area (Å²) in [4.78, 5) is 14.8. The Labute approximate surface area is 117 Å². The Morgan fingerprint density at radius 2 is 2.35 bits per heavy atom. The highest BCUT2D eigenvalue weighted by atomic mass is 16.1. The summed E-state index contributed by atoms with van der Waals surface area (Å²) in [5, 5.41) is 11.0. The van der Waals surface area contributed by atoms with Crippen molar-refractivity contribution in [3.8, 4) is 0 Å². The van der Waals surface area contributed by atoms with Crippen LogP contribution in [0.1, 0.15) is 23.2 Å². The fourth-order valence-corrected chi connectivity index (χ4v) is 3.52. The number of hydrogen-bond acceptors (Lipinski definition) is 3. The summed E-state index contributed by atoms with van der Waals surface area (Å²) < 4.78 is 0. The molecule has 3 heterocycles. The van der Waals surface area contributed by atoms with E-state index < -0.39 is 0 Å². The van der Waals surface area contributed by atoms with Crippen molar-refractivity contribution in [1.82, 2.24) is 20.4 Å². The summed E-state index contributed by atoms with van der Waals surface area (Å²) in [5.74, 6) is 0.797. The first-order valence-electron chi connectivity index (χ1n) is 7.24. The first kappa shape index (κ1) is 11.9. The van der Waals surface area contributed by atoms with Gasteiger partial charge in [-0.2, -0.15) is 5.10 Å². The summed E-state index contributed by atoms with van der Waals surface area (Å²) in [7, 11) is 0. The van der Waals surface area contributed by atoms with Crippen molar-refractivity contribution in [2.24, 2.45) is 5.92 Å². The van der Waals surface area contributed by atoms with E-state index in [-0.39, 0.29) is 5.91 Å². The van der Waals surface area contributed by atoms with E-state index in [4.69, 9.17) is 0 Å². The molecule has 2 bridgehead atoms. The quantitative estimate of drug-likeness (QED) is 0.867. The highest BCUT2D eigenvalue weighted by Gasteiger charge is 2.32. The predicted octanol–water partition coefficient (Wildman–Crippen LogP) is 1.39. The third kappa shape index (κ3) is 2.08. The molecule has 2 aromatic rings. The van der Waals surface area contributed by atoms with E-state index in [2.05, 4.69) is 20.4 Å². The van der Waals surface area contributed by atoms with E-state index >= 15 is 0 Å². The number of aromatic nitrogens is 2. The number of carbonyl (C=O) groups is 1. The van der Waals surface area contributed by atoms with E-state index in [0.29, 0.717) is 11.6 Å². The van der Waals surface area contributed by atoms with Gasteiger partial charge in [-0.25, -0.2) is 0 Å². The third-order valence-corrected chi connectivity index (χ3v) is 4.50. The molecule has 20 heavy (non-hydrogen) atoms. The van der Waals surface area contributed by atoms with Crippen molar-refractivity contribution in [2.45, 2.75) is 18.9 Å². The van der Waals surface area contributed by atoms with E-state index in [1.807, 2.05) is 18.2 Å². The molecule has 104 valence electrons. The van der Waals surface area contributed by atoms with Crippen LogP contribution in [0.2, 0.25) is 0 Å². The monoisotopic (exact) mass is 270 g/mol.